The van der Waals surface area contributed by atoms with Crippen molar-refractivity contribution in [1.82, 2.24) is 0 Å². The van der Waals surface area contributed by atoms with Gasteiger partial charge in [0, 0.05) is 25.5 Å². The van der Waals surface area contributed by atoms with Crippen LogP contribution in [0.4, 0.5) is 5.69 Å². The molecule has 0 fully saturated rings. The molecule has 0 heterocycles. The van der Waals surface area contributed by atoms with Crippen molar-refractivity contribution >= 4 is 31.5 Å². The van der Waals surface area contributed by atoms with Crippen molar-refractivity contribution in [2.75, 3.05) is 20.0 Å². The van der Waals surface area contributed by atoms with Crippen LogP contribution in [0.3, 0.4) is 0 Å². The van der Waals surface area contributed by atoms with Crippen LogP contribution in [-0.4, -0.2) is 50.0 Å². The number of anilines is 1. The summed E-state index contributed by atoms with van der Waals surface area (Å²) in [6.45, 7) is 0. The molecule has 1 aliphatic rings. The summed E-state index contributed by atoms with van der Waals surface area (Å²) in [5.41, 5.74) is 10.6. The van der Waals surface area contributed by atoms with Gasteiger partial charge in [-0.2, -0.15) is 16.8 Å². The predicted molar refractivity (Wildman–Crippen MR) is 93.7 cm³/mol. The highest BCUT2D eigenvalue weighted by molar-refractivity contribution is 8.06. The second-order valence-electron chi connectivity index (χ2n) is 5.47. The van der Waals surface area contributed by atoms with E-state index in [0.29, 0.717) is 11.8 Å². The Labute approximate surface area is 150 Å². The fourth-order valence-electron chi connectivity index (χ4n) is 2.70. The van der Waals surface area contributed by atoms with Crippen molar-refractivity contribution in [3.05, 3.63) is 47.7 Å². The van der Waals surface area contributed by atoms with E-state index in [4.69, 9.17) is 20.9 Å². The quantitative estimate of drug-likeness (QED) is 0.294. The van der Waals surface area contributed by atoms with Gasteiger partial charge >= 0.3 is 0 Å². The van der Waals surface area contributed by atoms with Crippen LogP contribution in [0.1, 0.15) is 5.56 Å². The molecule has 0 aliphatic heterocycles. The van der Waals surface area contributed by atoms with E-state index in [-0.39, 0.29) is 5.56 Å². The minimum absolute atomic E-state index is 0.0108. The van der Waals surface area contributed by atoms with Crippen LogP contribution in [0.5, 0.6) is 0 Å². The second-order valence-corrected chi connectivity index (χ2v) is 8.92. The Balaban J connectivity index is 3.01. The van der Waals surface area contributed by atoms with E-state index in [2.05, 4.69) is 0 Å². The number of ether oxygens (including phenoxy) is 2. The molecule has 1 aromatic rings. The minimum atomic E-state index is -5.46. The van der Waals surface area contributed by atoms with Crippen molar-refractivity contribution in [3.8, 4) is 0 Å². The summed E-state index contributed by atoms with van der Waals surface area (Å²) in [6, 6.07) is 5.35. The van der Waals surface area contributed by atoms with E-state index in [1.165, 1.54) is 38.5 Å². The average Bonchev–Trinajstić information content (AvgIpc) is 2.53. The summed E-state index contributed by atoms with van der Waals surface area (Å²) in [5.74, 6) is -1.82. The Morgan fingerprint density at radius 2 is 1.35 bits per heavy atom. The lowest BCUT2D eigenvalue weighted by atomic mass is 9.92. The molecule has 6 N–H and O–H groups in total. The molecule has 10 nitrogen and oxygen atoms in total. The molecule has 0 saturated carbocycles. The molecule has 0 saturated heterocycles. The maximum Gasteiger partial charge on any atom is 0.296 e. The number of rotatable bonds is 5. The second kappa shape index (κ2) is 6.33. The predicted octanol–water partition coefficient (Wildman–Crippen LogP) is -0.0306. The van der Waals surface area contributed by atoms with Crippen LogP contribution in [0.2, 0.25) is 0 Å². The average molecular weight is 406 g/mol. The van der Waals surface area contributed by atoms with Gasteiger partial charge in [0.05, 0.1) is 5.70 Å². The van der Waals surface area contributed by atoms with Crippen LogP contribution in [-0.2, 0) is 29.7 Å². The van der Waals surface area contributed by atoms with Gasteiger partial charge in [-0.15, -0.1) is 0 Å². The van der Waals surface area contributed by atoms with Crippen LogP contribution in [0, 0.1) is 0 Å². The maximum atomic E-state index is 12.1. The Kier molecular flexibility index (Phi) is 4.96. The lowest BCUT2D eigenvalue weighted by molar-refractivity contribution is -0.143. The Morgan fingerprint density at radius 3 is 1.73 bits per heavy atom. The number of nitrogen functional groups attached to an aromatic ring is 1. The Hall–Kier alpha value is -1.96. The van der Waals surface area contributed by atoms with Gasteiger partial charge in [0.2, 0.25) is 5.79 Å². The first-order chi connectivity index (χ1) is 11.8. The van der Waals surface area contributed by atoms with Gasteiger partial charge in [-0.05, 0) is 29.8 Å². The highest BCUT2D eigenvalue weighted by Crippen LogP contribution is 2.46. The molecule has 0 spiro atoms. The van der Waals surface area contributed by atoms with Gasteiger partial charge in [-0.3, -0.25) is 9.11 Å². The first-order valence-corrected chi connectivity index (χ1v) is 9.85. The molecule has 12 heteroatoms. The molecule has 1 aliphatic carbocycles. The van der Waals surface area contributed by atoms with Crippen molar-refractivity contribution in [1.29, 1.82) is 0 Å². The largest absolute Gasteiger partial charge is 0.399 e. The third-order valence-corrected chi connectivity index (χ3v) is 7.52. The van der Waals surface area contributed by atoms with Crippen LogP contribution in [0.25, 0.3) is 5.57 Å². The highest BCUT2D eigenvalue weighted by atomic mass is 32.3. The summed E-state index contributed by atoms with van der Waals surface area (Å²) >= 11 is 0. The molecule has 1 aromatic carbocycles. The van der Waals surface area contributed by atoms with Gasteiger partial charge in [-0.25, -0.2) is 0 Å². The molecule has 0 amide bonds. The Morgan fingerprint density at radius 1 is 0.885 bits per heavy atom. The first-order valence-electron chi connectivity index (χ1n) is 6.97. The fraction of sp³-hybridized carbons (Fsp3) is 0.286. The van der Waals surface area contributed by atoms with E-state index in [1.807, 2.05) is 0 Å². The summed E-state index contributed by atoms with van der Waals surface area (Å²) in [5, 5.41) is 0. The fourth-order valence-corrected chi connectivity index (χ4v) is 5.23. The number of methoxy groups -OCH3 is 2. The number of hydrogen-bond acceptors (Lipinski definition) is 8. The van der Waals surface area contributed by atoms with Gasteiger partial charge in [0.15, 0.2) is 0 Å². The van der Waals surface area contributed by atoms with E-state index in [1.54, 1.807) is 0 Å². The zero-order valence-corrected chi connectivity index (χ0v) is 15.4. The van der Waals surface area contributed by atoms with E-state index >= 15 is 0 Å². The molecule has 2 rings (SSSR count). The van der Waals surface area contributed by atoms with Crippen molar-refractivity contribution in [2.24, 2.45) is 5.73 Å². The van der Waals surface area contributed by atoms with E-state index in [9.17, 15) is 25.9 Å². The van der Waals surface area contributed by atoms with Gasteiger partial charge in [0.25, 0.3) is 24.3 Å². The molecule has 0 unspecified atom stereocenters. The van der Waals surface area contributed by atoms with Crippen LogP contribution in [0.15, 0.2) is 42.1 Å². The van der Waals surface area contributed by atoms with Crippen molar-refractivity contribution in [2.45, 2.75) is 9.87 Å². The third kappa shape index (κ3) is 2.90. The normalized spacial score (nSPS) is 19.5. The monoisotopic (exact) mass is 406 g/mol. The zero-order valence-electron chi connectivity index (χ0n) is 13.8. The third-order valence-electron chi connectivity index (χ3n) is 4.05. The zero-order chi connectivity index (χ0) is 20.0. The van der Waals surface area contributed by atoms with Crippen molar-refractivity contribution < 1.29 is 35.4 Å². The minimum Gasteiger partial charge on any atom is -0.399 e. The molecular formula is C14H18N2O8S2. The number of hydrogen-bond donors (Lipinski definition) is 4. The first kappa shape index (κ1) is 20.4. The summed E-state index contributed by atoms with van der Waals surface area (Å²) in [7, 11) is -8.54. The maximum absolute atomic E-state index is 12.1. The van der Waals surface area contributed by atoms with E-state index in [0.717, 1.165) is 6.08 Å². The lowest BCUT2D eigenvalue weighted by Gasteiger charge is -2.38. The number of benzene rings is 1. The van der Waals surface area contributed by atoms with Gasteiger partial charge in [0.1, 0.15) is 0 Å². The molecule has 0 radical (unpaired) electrons. The van der Waals surface area contributed by atoms with Crippen LogP contribution < -0.4 is 11.5 Å². The summed E-state index contributed by atoms with van der Waals surface area (Å²) in [4.78, 5) is 0. The molecule has 26 heavy (non-hydrogen) atoms. The highest BCUT2D eigenvalue weighted by Gasteiger charge is 2.60. The van der Waals surface area contributed by atoms with Crippen molar-refractivity contribution in [3.63, 3.8) is 0 Å². The van der Waals surface area contributed by atoms with Crippen LogP contribution >= 0.6 is 0 Å². The standard InChI is InChI=1S/C14H18N2O8S2/c1-23-13(24-2)7-11(9-3-5-10(15)6-4-9)14(8-12(13)16,25(17,18)19)26(20,21)22/h3-8H,15-16H2,1-2H3,(H,17,18,19)(H,20,21,22). The smallest absolute Gasteiger partial charge is 0.296 e. The molecule has 0 aromatic heterocycles. The topological polar surface area (TPSA) is 179 Å². The lowest BCUT2D eigenvalue weighted by Crippen LogP contribution is -2.52. The van der Waals surface area contributed by atoms with E-state index < -0.39 is 41.4 Å². The Bertz CT molecular complexity index is 942. The molecule has 144 valence electrons. The summed E-state index contributed by atoms with van der Waals surface area (Å²) in [6.07, 6.45) is 1.42. The SMILES string of the molecule is COC1(OC)C=C(c2ccc(N)cc2)C(S(=O)(=O)O)(S(=O)(=O)O)C=C1N. The summed E-state index contributed by atoms with van der Waals surface area (Å²) < 4.78 is 75.0. The number of nitrogens with two attached hydrogens (primary N) is 2. The molecule has 0 bridgehead atoms. The van der Waals surface area contributed by atoms with Gasteiger partial charge < -0.3 is 20.9 Å². The molecule has 0 atom stereocenters. The van der Waals surface area contributed by atoms with Gasteiger partial charge in [-0.1, -0.05) is 12.1 Å². The molecular weight excluding hydrogens is 388 g/mol.